The fourth-order valence-corrected chi connectivity index (χ4v) is 8.39. The van der Waals surface area contributed by atoms with Crippen molar-refractivity contribution >= 4 is 45.9 Å². The van der Waals surface area contributed by atoms with E-state index in [0.717, 1.165) is 99.7 Å². The van der Waals surface area contributed by atoms with Crippen LogP contribution in [0.2, 0.25) is 0 Å². The first-order valence-electron chi connectivity index (χ1n) is 20.3. The Hall–Kier alpha value is -6.15. The summed E-state index contributed by atoms with van der Waals surface area (Å²) in [6.45, 7) is 8.18. The maximum Gasteiger partial charge on any atom is 0.226 e. The van der Waals surface area contributed by atoms with Crippen LogP contribution in [0.4, 0.5) is 5.95 Å². The minimum Gasteiger partial charge on any atom is -0.507 e. The molecule has 0 bridgehead atoms. The zero-order chi connectivity index (χ0) is 40.6. The van der Waals surface area contributed by atoms with E-state index in [1.165, 1.54) is 16.5 Å². The normalized spacial score (nSPS) is 16.7. The van der Waals surface area contributed by atoms with Gasteiger partial charge in [0, 0.05) is 86.3 Å². The fourth-order valence-electron chi connectivity index (χ4n) is 8.39. The van der Waals surface area contributed by atoms with Gasteiger partial charge in [0.05, 0.1) is 11.2 Å². The number of imide groups is 1. The van der Waals surface area contributed by atoms with Gasteiger partial charge in [-0.15, -0.1) is 0 Å². The summed E-state index contributed by atoms with van der Waals surface area (Å²) < 4.78 is 2.22. The van der Waals surface area contributed by atoms with Crippen LogP contribution in [0.1, 0.15) is 67.7 Å². The topological polar surface area (TPSA) is 184 Å². The lowest BCUT2D eigenvalue weighted by Crippen LogP contribution is -2.47. The van der Waals surface area contributed by atoms with Gasteiger partial charge in [0.25, 0.3) is 0 Å². The predicted octanol–water partition coefficient (Wildman–Crippen LogP) is 4.58. The van der Waals surface area contributed by atoms with Gasteiger partial charge in [-0.1, -0.05) is 18.2 Å². The zero-order valence-corrected chi connectivity index (χ0v) is 33.5. The number of hydrogen-bond acceptors (Lipinski definition) is 12. The molecule has 1 atom stereocenters. The van der Waals surface area contributed by atoms with Crippen molar-refractivity contribution in [2.45, 2.75) is 57.4 Å². The van der Waals surface area contributed by atoms with Crippen LogP contribution in [0.5, 0.6) is 5.75 Å². The Labute approximate surface area is 339 Å². The molecule has 7 N–H and O–H groups in total. The number of piperazine rings is 1. The van der Waals surface area contributed by atoms with Crippen molar-refractivity contribution in [3.63, 3.8) is 0 Å². The lowest BCUT2D eigenvalue weighted by molar-refractivity contribution is -0.125. The van der Waals surface area contributed by atoms with Crippen LogP contribution in [0, 0.1) is 0 Å². The Morgan fingerprint density at radius 1 is 0.966 bits per heavy atom. The van der Waals surface area contributed by atoms with Crippen LogP contribution in [0.3, 0.4) is 0 Å². The van der Waals surface area contributed by atoms with Crippen molar-refractivity contribution < 1.29 is 14.7 Å². The number of hydrogen-bond donors (Lipinski definition) is 5. The summed E-state index contributed by atoms with van der Waals surface area (Å²) in [7, 11) is 1.78. The number of nitrogens with two attached hydrogens (primary N) is 2. The lowest BCUT2D eigenvalue weighted by atomic mass is 9.91. The van der Waals surface area contributed by atoms with Gasteiger partial charge in [-0.3, -0.25) is 14.9 Å². The van der Waals surface area contributed by atoms with Crippen LogP contribution in [-0.2, 0) is 16.0 Å². The van der Waals surface area contributed by atoms with E-state index >= 15 is 0 Å². The highest BCUT2D eigenvalue weighted by Crippen LogP contribution is 2.34. The Morgan fingerprint density at radius 3 is 2.45 bits per heavy atom. The number of aryl methyl sites for hydroxylation is 1. The van der Waals surface area contributed by atoms with Crippen molar-refractivity contribution in [3.05, 3.63) is 107 Å². The molecule has 0 radical (unpaired) electrons. The number of anilines is 1. The molecular formula is C44H55N11O3. The van der Waals surface area contributed by atoms with Gasteiger partial charge in [0.2, 0.25) is 18.3 Å². The molecule has 0 spiro atoms. The van der Waals surface area contributed by atoms with E-state index in [0.29, 0.717) is 35.8 Å². The average Bonchev–Trinajstić information content (AvgIpc) is 3.59. The largest absolute Gasteiger partial charge is 0.507 e. The van der Waals surface area contributed by atoms with Crippen LogP contribution < -0.4 is 27.0 Å². The second kappa shape index (κ2) is 18.4. The van der Waals surface area contributed by atoms with Crippen LogP contribution in [-0.4, -0.2) is 99.6 Å². The number of nitrogens with one attached hydrogen (secondary N) is 2. The molecule has 5 aromatic rings. The number of benzene rings is 2. The SMILES string of the molecule is CN/C(N)=C(/C=C(\N)c1ccccc1O)N1CCN(c2ncc(C3CCN(CCCc4ccc5c(c4)c4cccnc4n5C(C)CCC(=O)NC=O)CC3)cn2)CC1. The Bertz CT molecular complexity index is 2270. The van der Waals surface area contributed by atoms with Crippen molar-refractivity contribution in [2.75, 3.05) is 57.8 Å². The number of carbonyl (C=O) groups excluding carboxylic acids is 2. The molecule has 1 unspecified atom stereocenters. The van der Waals surface area contributed by atoms with Gasteiger partial charge < -0.3 is 41.2 Å². The summed E-state index contributed by atoms with van der Waals surface area (Å²) in [5.74, 6) is 1.57. The van der Waals surface area contributed by atoms with Crippen molar-refractivity contribution in [1.29, 1.82) is 0 Å². The lowest BCUT2D eigenvalue weighted by Gasteiger charge is -2.37. The van der Waals surface area contributed by atoms with E-state index in [9.17, 15) is 14.7 Å². The fraction of sp³-hybridized carbons (Fsp3) is 0.386. The van der Waals surface area contributed by atoms with E-state index < -0.39 is 0 Å². The molecule has 2 aromatic carbocycles. The number of amides is 2. The Balaban J connectivity index is 0.889. The highest BCUT2D eigenvalue weighted by molar-refractivity contribution is 6.07. The maximum atomic E-state index is 12.0. The number of phenolic OH excluding ortho intramolecular Hbond substituents is 1. The number of aromatic nitrogens is 4. The molecule has 2 fully saturated rings. The van der Waals surface area contributed by atoms with Crippen molar-refractivity contribution in [2.24, 2.45) is 11.5 Å². The van der Waals surface area contributed by atoms with E-state index in [2.05, 4.69) is 61.1 Å². The highest BCUT2D eigenvalue weighted by Gasteiger charge is 2.25. The average molecular weight is 786 g/mol. The zero-order valence-electron chi connectivity index (χ0n) is 33.5. The molecule has 2 aliphatic rings. The van der Waals surface area contributed by atoms with E-state index in [1.54, 1.807) is 25.2 Å². The quantitative estimate of drug-likeness (QED) is 0.0737. The van der Waals surface area contributed by atoms with Gasteiger partial charge in [-0.2, -0.15) is 0 Å². The van der Waals surface area contributed by atoms with E-state index in [1.807, 2.05) is 36.8 Å². The number of pyridine rings is 1. The molecule has 2 aliphatic heterocycles. The molecular weight excluding hydrogens is 731 g/mol. The molecule has 0 saturated carbocycles. The molecule has 0 aliphatic carbocycles. The summed E-state index contributed by atoms with van der Waals surface area (Å²) in [6, 6.07) is 17.9. The van der Waals surface area contributed by atoms with Crippen LogP contribution >= 0.6 is 0 Å². The summed E-state index contributed by atoms with van der Waals surface area (Å²) in [5, 5.41) is 17.9. The number of nitrogens with zero attached hydrogens (tertiary/aromatic N) is 7. The first kappa shape index (κ1) is 40.1. The maximum absolute atomic E-state index is 12.0. The number of phenols is 1. The van der Waals surface area contributed by atoms with E-state index in [4.69, 9.17) is 26.4 Å². The molecule has 58 heavy (non-hydrogen) atoms. The number of likely N-dealkylation sites (tertiary alicyclic amines) is 1. The molecule has 14 nitrogen and oxygen atoms in total. The number of para-hydroxylation sites is 1. The van der Waals surface area contributed by atoms with E-state index in [-0.39, 0.29) is 24.1 Å². The number of allylic oxidation sites excluding steroid dienone is 1. The summed E-state index contributed by atoms with van der Waals surface area (Å²) in [6.07, 6.45) is 13.3. The first-order valence-corrected chi connectivity index (χ1v) is 20.3. The summed E-state index contributed by atoms with van der Waals surface area (Å²) >= 11 is 0. The van der Waals surface area contributed by atoms with Crippen molar-refractivity contribution in [1.82, 2.24) is 40.0 Å². The molecule has 3 aromatic heterocycles. The van der Waals surface area contributed by atoms with Gasteiger partial charge in [0.15, 0.2) is 0 Å². The summed E-state index contributed by atoms with van der Waals surface area (Å²) in [4.78, 5) is 43.9. The molecule has 304 valence electrons. The summed E-state index contributed by atoms with van der Waals surface area (Å²) in [5.41, 5.74) is 19.1. The van der Waals surface area contributed by atoms with Gasteiger partial charge in [-0.25, -0.2) is 15.0 Å². The minimum absolute atomic E-state index is 0.0423. The standard InChI is InChI=1S/C44H55N11O3/c1-30(11-14-41(58)51-29-56)55-38-13-12-31(25-36(38)34-9-5-17-48-43(34)55)7-6-18-52-19-15-32(16-20-52)33-27-49-44(50-28-33)54-23-21-53(22-24-54)39(42(46)47-2)26-37(45)35-8-3-4-10-40(35)57/h3-5,8-10,12-13,17,25-30,32,47,57H,6-7,11,14-16,18-24,45-46H2,1-2H3,(H,51,56,58)/b37-26-,42-39-. The number of piperidine rings is 1. The molecule has 14 heteroatoms. The monoisotopic (exact) mass is 785 g/mol. The molecule has 7 rings (SSSR count). The van der Waals surface area contributed by atoms with Crippen LogP contribution in [0.15, 0.2) is 90.8 Å². The smallest absolute Gasteiger partial charge is 0.226 e. The third kappa shape index (κ3) is 9.02. The number of rotatable bonds is 15. The number of fused-ring (bicyclic) bond motifs is 3. The van der Waals surface area contributed by atoms with Gasteiger partial charge in [0.1, 0.15) is 17.2 Å². The third-order valence-electron chi connectivity index (χ3n) is 11.7. The van der Waals surface area contributed by atoms with Crippen LogP contribution in [0.25, 0.3) is 27.6 Å². The number of aromatic hydroxyl groups is 1. The molecule has 5 heterocycles. The third-order valence-corrected chi connectivity index (χ3v) is 11.7. The number of carbonyl (C=O) groups is 2. The Morgan fingerprint density at radius 2 is 1.72 bits per heavy atom. The second-order valence-corrected chi connectivity index (χ2v) is 15.3. The predicted molar refractivity (Wildman–Crippen MR) is 228 cm³/mol. The minimum atomic E-state index is -0.267. The highest BCUT2D eigenvalue weighted by atomic mass is 16.3. The molecule has 2 amide bonds. The van der Waals surface area contributed by atoms with Crippen molar-refractivity contribution in [3.8, 4) is 5.75 Å². The molecule has 2 saturated heterocycles. The second-order valence-electron chi connectivity index (χ2n) is 15.3. The first-order chi connectivity index (χ1) is 28.2. The van der Waals surface area contributed by atoms with Gasteiger partial charge in [-0.05, 0) is 118 Å². The Kier molecular flexibility index (Phi) is 12.7. The van der Waals surface area contributed by atoms with Gasteiger partial charge >= 0.3 is 0 Å².